The zero-order valence-corrected chi connectivity index (χ0v) is 23.4. The molecular weight excluding hydrogens is 488 g/mol. The lowest BCUT2D eigenvalue weighted by molar-refractivity contribution is -0.111. The van der Waals surface area contributed by atoms with Gasteiger partial charge in [-0.15, -0.1) is 0 Å². The van der Waals surface area contributed by atoms with Gasteiger partial charge >= 0.3 is 0 Å². The van der Waals surface area contributed by atoms with Gasteiger partial charge in [-0.3, -0.25) is 9.48 Å². The van der Waals surface area contributed by atoms with Crippen LogP contribution in [0.4, 0.5) is 5.69 Å². The maximum absolute atomic E-state index is 12.1. The zero-order valence-electron chi connectivity index (χ0n) is 23.4. The number of pyridine rings is 1. The van der Waals surface area contributed by atoms with Crippen LogP contribution in [0.15, 0.2) is 49.4 Å². The van der Waals surface area contributed by atoms with Crippen LogP contribution in [-0.4, -0.2) is 56.8 Å². The molecular formula is C31H38N6O2. The Morgan fingerprint density at radius 2 is 1.97 bits per heavy atom. The standard InChI is InChI=1S/C31H38N6O2/c1-6-27(38)34-25-15-23(10-9-21(25)4)29-28-22(5)26(39-19-20(2)3)17-32-31(28)35-30(29)24-16-33-37(18-24)14-13-36-11-7-8-12-36/h6,9-10,15-18,20H,1,7-8,11-14,19H2,2-5H3,(H,32,35)(H,34,38). The molecule has 3 aromatic heterocycles. The van der Waals surface area contributed by atoms with Gasteiger partial charge in [0, 0.05) is 40.5 Å². The summed E-state index contributed by atoms with van der Waals surface area (Å²) in [5.41, 5.74) is 7.45. The number of carbonyl (C=O) groups is 1. The number of nitrogens with one attached hydrogen (secondary N) is 2. The topological polar surface area (TPSA) is 88.1 Å². The Morgan fingerprint density at radius 3 is 2.72 bits per heavy atom. The molecule has 0 bridgehead atoms. The van der Waals surface area contributed by atoms with E-state index in [0.717, 1.165) is 69.1 Å². The highest BCUT2D eigenvalue weighted by atomic mass is 16.5. The molecule has 39 heavy (non-hydrogen) atoms. The second-order valence-electron chi connectivity index (χ2n) is 10.8. The van der Waals surface area contributed by atoms with Gasteiger partial charge in [-0.25, -0.2) is 4.98 Å². The van der Waals surface area contributed by atoms with Crippen LogP contribution in [0.5, 0.6) is 5.75 Å². The first-order valence-electron chi connectivity index (χ1n) is 13.8. The fraction of sp³-hybridized carbons (Fsp3) is 0.387. The first kappa shape index (κ1) is 26.7. The van der Waals surface area contributed by atoms with Crippen molar-refractivity contribution in [1.29, 1.82) is 0 Å². The predicted molar refractivity (Wildman–Crippen MR) is 157 cm³/mol. The number of likely N-dealkylation sites (tertiary alicyclic amines) is 1. The van der Waals surface area contributed by atoms with Crippen molar-refractivity contribution in [3.63, 3.8) is 0 Å². The minimum absolute atomic E-state index is 0.240. The Bertz CT molecular complexity index is 1490. The molecule has 1 fully saturated rings. The van der Waals surface area contributed by atoms with Crippen molar-refractivity contribution in [2.75, 3.05) is 31.6 Å². The number of hydrogen-bond donors (Lipinski definition) is 2. The Kier molecular flexibility index (Phi) is 7.84. The van der Waals surface area contributed by atoms with Gasteiger partial charge in [-0.1, -0.05) is 32.6 Å². The minimum atomic E-state index is -0.240. The van der Waals surface area contributed by atoms with Crippen LogP contribution in [0.25, 0.3) is 33.4 Å². The molecule has 4 aromatic rings. The molecule has 0 atom stereocenters. The number of anilines is 1. The number of fused-ring (bicyclic) bond motifs is 1. The predicted octanol–water partition coefficient (Wildman–Crippen LogP) is 5.97. The molecule has 1 amide bonds. The average Bonchev–Trinajstić information content (AvgIpc) is 3.68. The molecule has 1 aromatic carbocycles. The number of amides is 1. The largest absolute Gasteiger partial charge is 0.491 e. The van der Waals surface area contributed by atoms with Gasteiger partial charge in [-0.05, 0) is 69.0 Å². The van der Waals surface area contributed by atoms with E-state index in [9.17, 15) is 4.79 Å². The SMILES string of the molecule is C=CC(=O)Nc1cc(-c2c(-c3cnn(CCN4CCCC4)c3)[nH]c3ncc(OCC(C)C)c(C)c23)ccc1C. The second-order valence-corrected chi connectivity index (χ2v) is 10.8. The second kappa shape index (κ2) is 11.5. The van der Waals surface area contributed by atoms with E-state index in [4.69, 9.17) is 9.72 Å². The van der Waals surface area contributed by atoms with Crippen LogP contribution in [0.3, 0.4) is 0 Å². The van der Waals surface area contributed by atoms with Crippen molar-refractivity contribution >= 4 is 22.6 Å². The van der Waals surface area contributed by atoms with Gasteiger partial charge in [0.25, 0.3) is 0 Å². The van der Waals surface area contributed by atoms with Gasteiger partial charge in [-0.2, -0.15) is 5.10 Å². The molecule has 0 aliphatic carbocycles. The van der Waals surface area contributed by atoms with E-state index in [1.165, 1.54) is 32.0 Å². The third-order valence-electron chi connectivity index (χ3n) is 7.34. The van der Waals surface area contributed by atoms with E-state index in [1.54, 1.807) is 6.20 Å². The van der Waals surface area contributed by atoms with Gasteiger partial charge in [0.1, 0.15) is 11.4 Å². The molecule has 5 rings (SSSR count). The minimum Gasteiger partial charge on any atom is -0.491 e. The van der Waals surface area contributed by atoms with Crippen molar-refractivity contribution in [1.82, 2.24) is 24.6 Å². The molecule has 0 unspecified atom stereocenters. The summed E-state index contributed by atoms with van der Waals surface area (Å²) >= 11 is 0. The Morgan fingerprint density at radius 1 is 1.18 bits per heavy atom. The van der Waals surface area contributed by atoms with Crippen molar-refractivity contribution < 1.29 is 9.53 Å². The maximum atomic E-state index is 12.1. The Labute approximate surface area is 230 Å². The number of rotatable bonds is 10. The molecule has 1 aliphatic heterocycles. The van der Waals surface area contributed by atoms with Crippen molar-refractivity contribution in [2.24, 2.45) is 5.92 Å². The van der Waals surface area contributed by atoms with Crippen molar-refractivity contribution in [3.05, 3.63) is 60.6 Å². The number of carbonyl (C=O) groups excluding carboxylic acids is 1. The molecule has 8 heteroatoms. The molecule has 0 radical (unpaired) electrons. The zero-order chi connectivity index (χ0) is 27.5. The van der Waals surface area contributed by atoms with Crippen molar-refractivity contribution in [3.8, 4) is 28.1 Å². The molecule has 0 saturated carbocycles. The van der Waals surface area contributed by atoms with E-state index in [1.807, 2.05) is 29.9 Å². The molecule has 0 spiro atoms. The average molecular weight is 527 g/mol. The number of aryl methyl sites for hydroxylation is 2. The van der Waals surface area contributed by atoms with Crippen LogP contribution in [-0.2, 0) is 11.3 Å². The lowest BCUT2D eigenvalue weighted by Crippen LogP contribution is -2.24. The maximum Gasteiger partial charge on any atom is 0.247 e. The van der Waals surface area contributed by atoms with Crippen LogP contribution >= 0.6 is 0 Å². The first-order chi connectivity index (χ1) is 18.8. The summed E-state index contributed by atoms with van der Waals surface area (Å²) in [6.07, 6.45) is 9.66. The van der Waals surface area contributed by atoms with E-state index in [2.05, 4.69) is 59.9 Å². The third kappa shape index (κ3) is 5.76. The summed E-state index contributed by atoms with van der Waals surface area (Å²) in [6.45, 7) is 16.7. The highest BCUT2D eigenvalue weighted by Crippen LogP contribution is 2.42. The molecule has 4 heterocycles. The van der Waals surface area contributed by atoms with E-state index in [0.29, 0.717) is 12.5 Å². The molecule has 1 saturated heterocycles. The summed E-state index contributed by atoms with van der Waals surface area (Å²) in [4.78, 5) is 23.0. The lowest BCUT2D eigenvalue weighted by Gasteiger charge is -2.14. The van der Waals surface area contributed by atoms with Crippen LogP contribution in [0.1, 0.15) is 37.8 Å². The van der Waals surface area contributed by atoms with E-state index in [-0.39, 0.29) is 5.91 Å². The monoisotopic (exact) mass is 526 g/mol. The molecule has 8 nitrogen and oxygen atoms in total. The summed E-state index contributed by atoms with van der Waals surface area (Å²) in [7, 11) is 0. The summed E-state index contributed by atoms with van der Waals surface area (Å²) in [5, 5.41) is 8.63. The third-order valence-corrected chi connectivity index (χ3v) is 7.34. The number of benzene rings is 1. The van der Waals surface area contributed by atoms with E-state index >= 15 is 0 Å². The summed E-state index contributed by atoms with van der Waals surface area (Å²) in [6, 6.07) is 6.13. The molecule has 2 N–H and O–H groups in total. The van der Waals surface area contributed by atoms with Gasteiger partial charge < -0.3 is 19.9 Å². The van der Waals surface area contributed by atoms with Gasteiger partial charge in [0.05, 0.1) is 31.2 Å². The number of hydrogen-bond acceptors (Lipinski definition) is 5. The number of aromatic nitrogens is 4. The quantitative estimate of drug-likeness (QED) is 0.249. The summed E-state index contributed by atoms with van der Waals surface area (Å²) < 4.78 is 8.16. The molecule has 204 valence electrons. The number of aromatic amines is 1. The first-order valence-corrected chi connectivity index (χ1v) is 13.8. The van der Waals surface area contributed by atoms with Gasteiger partial charge in [0.15, 0.2) is 0 Å². The van der Waals surface area contributed by atoms with Crippen molar-refractivity contribution in [2.45, 2.75) is 47.1 Å². The van der Waals surface area contributed by atoms with Gasteiger partial charge in [0.2, 0.25) is 5.91 Å². The molecule has 1 aliphatic rings. The highest BCUT2D eigenvalue weighted by Gasteiger charge is 2.22. The number of nitrogens with zero attached hydrogens (tertiary/aromatic N) is 4. The van der Waals surface area contributed by atoms with Crippen LogP contribution < -0.4 is 10.1 Å². The number of ether oxygens (including phenoxy) is 1. The Hall–Kier alpha value is -3.91. The fourth-order valence-electron chi connectivity index (χ4n) is 5.16. The van der Waals surface area contributed by atoms with Crippen LogP contribution in [0.2, 0.25) is 0 Å². The smallest absolute Gasteiger partial charge is 0.247 e. The fourth-order valence-corrected chi connectivity index (χ4v) is 5.16. The van der Waals surface area contributed by atoms with Crippen LogP contribution in [0, 0.1) is 19.8 Å². The van der Waals surface area contributed by atoms with E-state index < -0.39 is 0 Å². The summed E-state index contributed by atoms with van der Waals surface area (Å²) in [5.74, 6) is 0.938. The highest BCUT2D eigenvalue weighted by molar-refractivity contribution is 6.06. The lowest BCUT2D eigenvalue weighted by atomic mass is 9.96. The Balaban J connectivity index is 1.61. The normalized spacial score (nSPS) is 13.9. The number of H-pyrrole nitrogens is 1.